The monoisotopic (exact) mass is 384 g/mol. The van der Waals surface area contributed by atoms with Crippen molar-refractivity contribution in [3.8, 4) is 10.6 Å². The van der Waals surface area contributed by atoms with Crippen LogP contribution < -0.4 is 10.6 Å². The summed E-state index contributed by atoms with van der Waals surface area (Å²) in [4.78, 5) is 24.4. The maximum absolute atomic E-state index is 12.9. The molecule has 0 aliphatic rings. The van der Waals surface area contributed by atoms with Crippen molar-refractivity contribution in [1.29, 1.82) is 0 Å². The molecular weight excluding hydrogens is 367 g/mol. The van der Waals surface area contributed by atoms with E-state index < -0.39 is 23.7 Å². The first-order valence-corrected chi connectivity index (χ1v) is 9.02. The Labute approximate surface area is 159 Å². The Hall–Kier alpha value is -3.13. The zero-order valence-electron chi connectivity index (χ0n) is 14.7. The van der Waals surface area contributed by atoms with Gasteiger partial charge in [-0.2, -0.15) is 0 Å². The lowest BCUT2D eigenvalue weighted by Gasteiger charge is -2.12. The van der Waals surface area contributed by atoms with Crippen molar-refractivity contribution in [3.05, 3.63) is 65.5 Å². The average Bonchev–Trinajstić information content (AvgIpc) is 3.10. The lowest BCUT2D eigenvalue weighted by molar-refractivity contribution is -0.117. The van der Waals surface area contributed by atoms with Gasteiger partial charge in [-0.25, -0.2) is 4.39 Å². The van der Waals surface area contributed by atoms with E-state index in [0.29, 0.717) is 10.1 Å². The smallest absolute Gasteiger partial charge is 0.251 e. The van der Waals surface area contributed by atoms with E-state index >= 15 is 0 Å². The van der Waals surface area contributed by atoms with Crippen LogP contribution in [0.15, 0.2) is 48.5 Å². The molecular formula is C19H17FN4O2S. The molecule has 3 aromatic rings. The van der Waals surface area contributed by atoms with Crippen LogP contribution in [0.25, 0.3) is 10.6 Å². The van der Waals surface area contributed by atoms with E-state index in [1.165, 1.54) is 35.6 Å². The van der Waals surface area contributed by atoms with Crippen molar-refractivity contribution >= 4 is 28.3 Å². The summed E-state index contributed by atoms with van der Waals surface area (Å²) in [6, 6.07) is 12.1. The summed E-state index contributed by atoms with van der Waals surface area (Å²) >= 11 is 1.25. The molecule has 1 unspecified atom stereocenters. The Balaban J connectivity index is 1.61. The maximum atomic E-state index is 12.9. The highest BCUT2D eigenvalue weighted by Gasteiger charge is 2.18. The fourth-order valence-corrected chi connectivity index (χ4v) is 3.07. The Bertz CT molecular complexity index is 972. The first-order valence-electron chi connectivity index (χ1n) is 8.20. The molecule has 0 radical (unpaired) electrons. The van der Waals surface area contributed by atoms with Crippen molar-refractivity contribution in [2.45, 2.75) is 19.9 Å². The summed E-state index contributed by atoms with van der Waals surface area (Å²) in [5, 5.41) is 14.3. The van der Waals surface area contributed by atoms with Gasteiger partial charge in [-0.3, -0.25) is 14.9 Å². The summed E-state index contributed by atoms with van der Waals surface area (Å²) < 4.78 is 12.9. The van der Waals surface area contributed by atoms with Gasteiger partial charge in [0.25, 0.3) is 5.91 Å². The average molecular weight is 384 g/mol. The molecule has 0 aliphatic heterocycles. The Morgan fingerprint density at radius 3 is 2.56 bits per heavy atom. The molecule has 0 spiro atoms. The van der Waals surface area contributed by atoms with E-state index in [1.807, 2.05) is 31.2 Å². The minimum atomic E-state index is -0.797. The number of rotatable bonds is 5. The second-order valence-corrected chi connectivity index (χ2v) is 6.95. The van der Waals surface area contributed by atoms with Crippen LogP contribution in [0, 0.1) is 12.7 Å². The summed E-state index contributed by atoms with van der Waals surface area (Å²) in [5.74, 6) is -1.31. The Morgan fingerprint density at radius 2 is 1.85 bits per heavy atom. The molecule has 27 heavy (non-hydrogen) atoms. The molecule has 6 nitrogen and oxygen atoms in total. The number of aromatic nitrogens is 2. The first kappa shape index (κ1) is 18.7. The molecule has 0 bridgehead atoms. The SMILES string of the molecule is Cc1cccc(-c2nnc(NC(=O)C(C)NC(=O)c3ccc(F)cc3)s2)c1. The highest BCUT2D eigenvalue weighted by atomic mass is 32.1. The van der Waals surface area contributed by atoms with E-state index in [0.717, 1.165) is 11.1 Å². The van der Waals surface area contributed by atoms with Crippen molar-refractivity contribution in [2.75, 3.05) is 5.32 Å². The largest absolute Gasteiger partial charge is 0.341 e. The van der Waals surface area contributed by atoms with Crippen LogP contribution >= 0.6 is 11.3 Å². The maximum Gasteiger partial charge on any atom is 0.251 e. The minimum Gasteiger partial charge on any atom is -0.341 e. The summed E-state index contributed by atoms with van der Waals surface area (Å²) in [6.45, 7) is 3.54. The number of halogens is 1. The number of carbonyl (C=O) groups excluding carboxylic acids is 2. The third-order valence-corrected chi connectivity index (χ3v) is 4.66. The summed E-state index contributed by atoms with van der Waals surface area (Å²) in [5.41, 5.74) is 2.30. The third-order valence-electron chi connectivity index (χ3n) is 3.77. The van der Waals surface area contributed by atoms with Gasteiger partial charge in [-0.05, 0) is 44.2 Å². The van der Waals surface area contributed by atoms with Gasteiger partial charge in [0.15, 0.2) is 0 Å². The second kappa shape index (κ2) is 8.05. The third kappa shape index (κ3) is 4.73. The molecule has 1 aromatic heterocycles. The van der Waals surface area contributed by atoms with Crippen LogP contribution in [-0.4, -0.2) is 28.1 Å². The topological polar surface area (TPSA) is 84.0 Å². The molecule has 0 aliphatic carbocycles. The highest BCUT2D eigenvalue weighted by molar-refractivity contribution is 7.18. The molecule has 2 aromatic carbocycles. The number of hydrogen-bond donors (Lipinski definition) is 2. The van der Waals surface area contributed by atoms with E-state index in [2.05, 4.69) is 20.8 Å². The summed E-state index contributed by atoms with van der Waals surface area (Å²) in [7, 11) is 0. The van der Waals surface area contributed by atoms with Crippen molar-refractivity contribution in [2.24, 2.45) is 0 Å². The zero-order chi connectivity index (χ0) is 19.4. The lowest BCUT2D eigenvalue weighted by atomic mass is 10.1. The van der Waals surface area contributed by atoms with Gasteiger partial charge in [-0.1, -0.05) is 35.1 Å². The van der Waals surface area contributed by atoms with Gasteiger partial charge in [-0.15, -0.1) is 10.2 Å². The van der Waals surface area contributed by atoms with Crippen LogP contribution in [0.1, 0.15) is 22.8 Å². The van der Waals surface area contributed by atoms with Crippen molar-refractivity contribution in [3.63, 3.8) is 0 Å². The molecule has 0 saturated carbocycles. The van der Waals surface area contributed by atoms with Gasteiger partial charge in [0.1, 0.15) is 16.9 Å². The van der Waals surface area contributed by atoms with Crippen LogP contribution in [0.3, 0.4) is 0 Å². The van der Waals surface area contributed by atoms with Crippen molar-refractivity contribution < 1.29 is 14.0 Å². The molecule has 1 heterocycles. The number of nitrogens with one attached hydrogen (secondary N) is 2. The number of hydrogen-bond acceptors (Lipinski definition) is 5. The predicted molar refractivity (Wildman–Crippen MR) is 102 cm³/mol. The van der Waals surface area contributed by atoms with E-state index in [-0.39, 0.29) is 5.56 Å². The normalized spacial score (nSPS) is 11.7. The summed E-state index contributed by atoms with van der Waals surface area (Å²) in [6.07, 6.45) is 0. The van der Waals surface area contributed by atoms with E-state index in [1.54, 1.807) is 6.92 Å². The van der Waals surface area contributed by atoms with Crippen molar-refractivity contribution in [1.82, 2.24) is 15.5 Å². The zero-order valence-corrected chi connectivity index (χ0v) is 15.5. The highest BCUT2D eigenvalue weighted by Crippen LogP contribution is 2.26. The van der Waals surface area contributed by atoms with Gasteiger partial charge in [0.2, 0.25) is 11.0 Å². The van der Waals surface area contributed by atoms with Crippen LogP contribution in [0.5, 0.6) is 0 Å². The Kier molecular flexibility index (Phi) is 5.56. The van der Waals surface area contributed by atoms with Gasteiger partial charge < -0.3 is 5.32 Å². The standard InChI is InChI=1S/C19H17FN4O2S/c1-11-4-3-5-14(10-11)18-23-24-19(27-18)22-16(25)12(2)21-17(26)13-6-8-15(20)9-7-13/h3-10,12H,1-2H3,(H,21,26)(H,22,24,25). The van der Waals surface area contributed by atoms with Crippen LogP contribution in [0.4, 0.5) is 9.52 Å². The number of aryl methyl sites for hydroxylation is 1. The number of anilines is 1. The second-order valence-electron chi connectivity index (χ2n) is 5.97. The molecule has 3 rings (SSSR count). The Morgan fingerprint density at radius 1 is 1.11 bits per heavy atom. The quantitative estimate of drug-likeness (QED) is 0.706. The van der Waals surface area contributed by atoms with Gasteiger partial charge in [0, 0.05) is 11.1 Å². The molecule has 138 valence electrons. The number of amides is 2. The number of nitrogens with zero attached hydrogens (tertiary/aromatic N) is 2. The first-order chi connectivity index (χ1) is 12.9. The number of carbonyl (C=O) groups is 2. The van der Waals surface area contributed by atoms with E-state index in [9.17, 15) is 14.0 Å². The van der Waals surface area contributed by atoms with E-state index in [4.69, 9.17) is 0 Å². The molecule has 2 amide bonds. The number of benzene rings is 2. The molecule has 1 atom stereocenters. The fourth-order valence-electron chi connectivity index (χ4n) is 2.33. The fraction of sp³-hybridized carbons (Fsp3) is 0.158. The van der Waals surface area contributed by atoms with Gasteiger partial charge >= 0.3 is 0 Å². The molecule has 0 fully saturated rings. The predicted octanol–water partition coefficient (Wildman–Crippen LogP) is 3.41. The minimum absolute atomic E-state index is 0.272. The van der Waals surface area contributed by atoms with Crippen LogP contribution in [-0.2, 0) is 4.79 Å². The lowest BCUT2D eigenvalue weighted by Crippen LogP contribution is -2.41. The molecule has 2 N–H and O–H groups in total. The van der Waals surface area contributed by atoms with Crippen LogP contribution in [0.2, 0.25) is 0 Å². The molecule has 0 saturated heterocycles. The molecule has 8 heteroatoms. The van der Waals surface area contributed by atoms with Gasteiger partial charge in [0.05, 0.1) is 0 Å².